The predicted octanol–water partition coefficient (Wildman–Crippen LogP) is 2.15. The molecule has 7 heteroatoms. The number of ether oxygens (including phenoxy) is 1. The van der Waals surface area contributed by atoms with E-state index >= 15 is 0 Å². The molecule has 1 fully saturated rings. The third-order valence-electron chi connectivity index (χ3n) is 4.63. The van der Waals surface area contributed by atoms with Gasteiger partial charge in [-0.1, -0.05) is 37.3 Å². The fraction of sp³-hybridized carbons (Fsp3) is 0.500. The maximum Gasteiger partial charge on any atom is 0.407 e. The zero-order chi connectivity index (χ0) is 17.6. The topological polar surface area (TPSA) is 100 Å². The smallest absolute Gasteiger partial charge is 0.407 e. The number of aryl methyl sites for hydroxylation is 1. The Morgan fingerprint density at radius 1 is 1.36 bits per heavy atom. The number of rotatable bonds is 6. The van der Waals surface area contributed by atoms with Gasteiger partial charge in [0.2, 0.25) is 0 Å². The van der Waals surface area contributed by atoms with E-state index < -0.39 is 12.2 Å². The van der Waals surface area contributed by atoms with E-state index in [1.54, 1.807) is 0 Å². The maximum absolute atomic E-state index is 11.8. The molecule has 25 heavy (non-hydrogen) atoms. The van der Waals surface area contributed by atoms with Crippen LogP contribution >= 0.6 is 0 Å². The van der Waals surface area contributed by atoms with Gasteiger partial charge in [0, 0.05) is 24.8 Å². The van der Waals surface area contributed by atoms with Crippen LogP contribution in [0.4, 0.5) is 4.79 Å². The third kappa shape index (κ3) is 4.57. The average Bonchev–Trinajstić information content (AvgIpc) is 3.25. The van der Waals surface area contributed by atoms with Gasteiger partial charge in [-0.15, -0.1) is 0 Å². The van der Waals surface area contributed by atoms with Crippen molar-refractivity contribution in [3.05, 3.63) is 47.5 Å². The van der Waals surface area contributed by atoms with Crippen LogP contribution in [0.2, 0.25) is 0 Å². The number of amides is 1. The number of H-pyrrole nitrogens is 1. The first kappa shape index (κ1) is 17.4. The number of nitrogens with one attached hydrogen (secondary N) is 2. The lowest BCUT2D eigenvalue weighted by molar-refractivity contribution is 0.118. The highest BCUT2D eigenvalue weighted by Crippen LogP contribution is 2.36. The third-order valence-corrected chi connectivity index (χ3v) is 4.63. The van der Waals surface area contributed by atoms with Crippen LogP contribution in [0, 0.1) is 5.92 Å². The Balaban J connectivity index is 1.44. The number of aliphatic hydroxyl groups is 1. The highest BCUT2D eigenvalue weighted by atomic mass is 16.5. The van der Waals surface area contributed by atoms with E-state index in [0.717, 1.165) is 30.1 Å². The second kappa shape index (κ2) is 8.11. The lowest BCUT2D eigenvalue weighted by Crippen LogP contribution is -2.32. The number of nitrogens with zero attached hydrogens (tertiary/aromatic N) is 2. The molecule has 0 saturated heterocycles. The highest BCUT2D eigenvalue weighted by Gasteiger charge is 2.35. The van der Waals surface area contributed by atoms with Gasteiger partial charge in [-0.05, 0) is 18.4 Å². The van der Waals surface area contributed by atoms with E-state index in [2.05, 4.69) is 20.5 Å². The van der Waals surface area contributed by atoms with Gasteiger partial charge in [-0.25, -0.2) is 9.78 Å². The summed E-state index contributed by atoms with van der Waals surface area (Å²) in [6.45, 7) is 2.64. The molecular formula is C18H24N4O3. The van der Waals surface area contributed by atoms with E-state index in [1.807, 2.05) is 37.3 Å². The molecule has 1 saturated carbocycles. The Labute approximate surface area is 146 Å². The first-order valence-corrected chi connectivity index (χ1v) is 8.69. The predicted molar refractivity (Wildman–Crippen MR) is 91.9 cm³/mol. The summed E-state index contributed by atoms with van der Waals surface area (Å²) in [6, 6.07) is 9.52. The largest absolute Gasteiger partial charge is 0.445 e. The van der Waals surface area contributed by atoms with Crippen molar-refractivity contribution in [2.45, 2.75) is 44.8 Å². The normalized spacial score (nSPS) is 22.7. The molecule has 1 aromatic heterocycles. The SMILES string of the molecule is CCc1nc([C@H]2C[C@H](CNC(=O)OCc3ccccc3)[C@H](O)C2)n[nH]1. The van der Waals surface area contributed by atoms with Gasteiger partial charge >= 0.3 is 6.09 Å². The Bertz CT molecular complexity index is 689. The fourth-order valence-corrected chi connectivity index (χ4v) is 3.17. The highest BCUT2D eigenvalue weighted by molar-refractivity contribution is 5.67. The quantitative estimate of drug-likeness (QED) is 0.745. The van der Waals surface area contributed by atoms with E-state index in [1.165, 1.54) is 0 Å². The van der Waals surface area contributed by atoms with Crippen molar-refractivity contribution >= 4 is 6.09 Å². The molecule has 0 spiro atoms. The van der Waals surface area contributed by atoms with Gasteiger partial charge in [0.15, 0.2) is 5.82 Å². The van der Waals surface area contributed by atoms with Gasteiger partial charge in [-0.3, -0.25) is 5.10 Å². The summed E-state index contributed by atoms with van der Waals surface area (Å²) in [5.74, 6) is 1.72. The number of alkyl carbamates (subject to hydrolysis) is 1. The molecule has 1 amide bonds. The molecule has 3 atom stereocenters. The number of hydrogen-bond donors (Lipinski definition) is 3. The fourth-order valence-electron chi connectivity index (χ4n) is 3.17. The number of aliphatic hydroxyl groups excluding tert-OH is 1. The summed E-state index contributed by atoms with van der Waals surface area (Å²) in [4.78, 5) is 16.3. The zero-order valence-corrected chi connectivity index (χ0v) is 14.3. The molecule has 0 aliphatic heterocycles. The lowest BCUT2D eigenvalue weighted by Gasteiger charge is -2.15. The molecule has 7 nitrogen and oxygen atoms in total. The molecule has 2 aromatic rings. The van der Waals surface area contributed by atoms with Crippen molar-refractivity contribution < 1.29 is 14.6 Å². The first-order valence-electron chi connectivity index (χ1n) is 8.69. The van der Waals surface area contributed by atoms with Gasteiger partial charge < -0.3 is 15.2 Å². The van der Waals surface area contributed by atoms with Crippen LogP contribution in [-0.4, -0.2) is 39.0 Å². The molecule has 1 aliphatic rings. The molecule has 0 unspecified atom stereocenters. The minimum absolute atomic E-state index is 0.0159. The number of hydrogen-bond acceptors (Lipinski definition) is 5. The minimum Gasteiger partial charge on any atom is -0.445 e. The second-order valence-electron chi connectivity index (χ2n) is 6.43. The summed E-state index contributed by atoms with van der Waals surface area (Å²) >= 11 is 0. The minimum atomic E-state index is -0.469. The molecule has 3 rings (SSSR count). The summed E-state index contributed by atoms with van der Waals surface area (Å²) in [5, 5.41) is 20.1. The Morgan fingerprint density at radius 3 is 2.88 bits per heavy atom. The summed E-state index contributed by atoms with van der Waals surface area (Å²) in [5.41, 5.74) is 0.940. The van der Waals surface area contributed by atoms with Crippen molar-refractivity contribution in [2.24, 2.45) is 5.92 Å². The molecule has 1 aromatic carbocycles. The van der Waals surface area contributed by atoms with Gasteiger partial charge in [0.1, 0.15) is 12.4 Å². The van der Waals surface area contributed by atoms with Crippen LogP contribution in [0.5, 0.6) is 0 Å². The van der Waals surface area contributed by atoms with E-state index in [4.69, 9.17) is 4.74 Å². The molecule has 3 N–H and O–H groups in total. The molecule has 0 radical (unpaired) electrons. The van der Waals surface area contributed by atoms with Gasteiger partial charge in [0.25, 0.3) is 0 Å². The number of aromatic nitrogens is 3. The van der Waals surface area contributed by atoms with Crippen LogP contribution in [0.1, 0.15) is 42.9 Å². The Kier molecular flexibility index (Phi) is 5.65. The summed E-state index contributed by atoms with van der Waals surface area (Å²) in [7, 11) is 0. The van der Waals surface area contributed by atoms with E-state index in [-0.39, 0.29) is 18.4 Å². The van der Waals surface area contributed by atoms with Crippen LogP contribution in [-0.2, 0) is 17.8 Å². The molecule has 0 bridgehead atoms. The van der Waals surface area contributed by atoms with Crippen molar-refractivity contribution in [2.75, 3.05) is 6.54 Å². The summed E-state index contributed by atoms with van der Waals surface area (Å²) in [6.07, 6.45) is 1.24. The maximum atomic E-state index is 11.8. The molecular weight excluding hydrogens is 320 g/mol. The second-order valence-corrected chi connectivity index (χ2v) is 6.43. The van der Waals surface area contributed by atoms with Crippen LogP contribution in [0.25, 0.3) is 0 Å². The average molecular weight is 344 g/mol. The Hall–Kier alpha value is -2.41. The summed E-state index contributed by atoms with van der Waals surface area (Å²) < 4.78 is 5.19. The van der Waals surface area contributed by atoms with Crippen molar-refractivity contribution in [3.63, 3.8) is 0 Å². The van der Waals surface area contributed by atoms with E-state index in [9.17, 15) is 9.90 Å². The standard InChI is InChI=1S/C18H24N4O3/c1-2-16-20-17(22-21-16)13-8-14(15(23)9-13)10-19-18(24)25-11-12-6-4-3-5-7-12/h3-7,13-15,23H,2,8-11H2,1H3,(H,19,24)(H,20,21,22)/t13-,14+,15+/m0/s1. The number of benzene rings is 1. The Morgan fingerprint density at radius 2 is 2.16 bits per heavy atom. The zero-order valence-electron chi connectivity index (χ0n) is 14.3. The molecule has 1 aliphatic carbocycles. The monoisotopic (exact) mass is 344 g/mol. The number of carbonyl (C=O) groups is 1. The van der Waals surface area contributed by atoms with Gasteiger partial charge in [-0.2, -0.15) is 5.10 Å². The van der Waals surface area contributed by atoms with Crippen molar-refractivity contribution in [3.8, 4) is 0 Å². The number of carbonyl (C=O) groups excluding carboxylic acids is 1. The van der Waals surface area contributed by atoms with Crippen LogP contribution < -0.4 is 5.32 Å². The molecule has 134 valence electrons. The van der Waals surface area contributed by atoms with Crippen LogP contribution in [0.3, 0.4) is 0 Å². The molecule has 1 heterocycles. The first-order chi connectivity index (χ1) is 12.2. The van der Waals surface area contributed by atoms with E-state index in [0.29, 0.717) is 13.0 Å². The van der Waals surface area contributed by atoms with Gasteiger partial charge in [0.05, 0.1) is 6.10 Å². The lowest BCUT2D eigenvalue weighted by atomic mass is 10.0. The number of aromatic amines is 1. The van der Waals surface area contributed by atoms with Crippen molar-refractivity contribution in [1.29, 1.82) is 0 Å². The van der Waals surface area contributed by atoms with Crippen LogP contribution in [0.15, 0.2) is 30.3 Å². The van der Waals surface area contributed by atoms with Crippen molar-refractivity contribution in [1.82, 2.24) is 20.5 Å².